The molecule has 0 spiro atoms. The number of likely N-dealkylation sites (tertiary alicyclic amines) is 1. The number of guanidine groups is 1. The SMILES string of the molecule is CC1CCN(C(N)=NCc2cc(Br)ccc2F)CC1.I. The Morgan fingerprint density at radius 2 is 2.10 bits per heavy atom. The quantitative estimate of drug-likeness (QED) is 0.419. The zero-order valence-corrected chi connectivity index (χ0v) is 15.4. The molecule has 3 nitrogen and oxygen atoms in total. The van der Waals surface area contributed by atoms with Gasteiger partial charge in [0, 0.05) is 23.1 Å². The van der Waals surface area contributed by atoms with E-state index in [1.807, 2.05) is 0 Å². The van der Waals surface area contributed by atoms with Gasteiger partial charge >= 0.3 is 0 Å². The van der Waals surface area contributed by atoms with Crippen LogP contribution in [0.5, 0.6) is 0 Å². The molecule has 0 atom stereocenters. The molecule has 1 aliphatic heterocycles. The maximum atomic E-state index is 13.6. The normalized spacial score (nSPS) is 16.9. The van der Waals surface area contributed by atoms with Gasteiger partial charge in [-0.05, 0) is 37.0 Å². The lowest BCUT2D eigenvalue weighted by Crippen LogP contribution is -2.42. The molecule has 1 fully saturated rings. The summed E-state index contributed by atoms with van der Waals surface area (Å²) in [6, 6.07) is 4.86. The molecule has 112 valence electrons. The minimum atomic E-state index is -0.244. The highest BCUT2D eigenvalue weighted by Crippen LogP contribution is 2.18. The highest BCUT2D eigenvalue weighted by atomic mass is 127. The number of nitrogens with zero attached hydrogens (tertiary/aromatic N) is 2. The number of rotatable bonds is 2. The Hall–Kier alpha value is -0.370. The first-order valence-corrected chi connectivity index (χ1v) is 7.34. The molecule has 0 amide bonds. The van der Waals surface area contributed by atoms with Gasteiger partial charge in [-0.3, -0.25) is 0 Å². The van der Waals surface area contributed by atoms with Crippen LogP contribution in [0.3, 0.4) is 0 Å². The molecule has 0 bridgehead atoms. The maximum Gasteiger partial charge on any atom is 0.191 e. The lowest BCUT2D eigenvalue weighted by atomic mass is 10.00. The van der Waals surface area contributed by atoms with Crippen molar-refractivity contribution in [2.24, 2.45) is 16.6 Å². The van der Waals surface area contributed by atoms with Crippen molar-refractivity contribution in [2.75, 3.05) is 13.1 Å². The largest absolute Gasteiger partial charge is 0.370 e. The topological polar surface area (TPSA) is 41.6 Å². The third-order valence-electron chi connectivity index (χ3n) is 3.53. The first-order chi connectivity index (χ1) is 9.06. The molecule has 1 aromatic rings. The summed E-state index contributed by atoms with van der Waals surface area (Å²) in [7, 11) is 0. The Labute approximate surface area is 145 Å². The number of aliphatic imine (C=N–C) groups is 1. The molecule has 0 aromatic heterocycles. The fraction of sp³-hybridized carbons (Fsp3) is 0.500. The molecule has 6 heteroatoms. The zero-order chi connectivity index (χ0) is 13.8. The second kappa shape index (κ2) is 8.17. The zero-order valence-electron chi connectivity index (χ0n) is 11.5. The third kappa shape index (κ3) is 4.87. The molecular weight excluding hydrogens is 436 g/mol. The molecule has 0 radical (unpaired) electrons. The van der Waals surface area contributed by atoms with E-state index in [0.29, 0.717) is 11.5 Å². The van der Waals surface area contributed by atoms with E-state index >= 15 is 0 Å². The minimum absolute atomic E-state index is 0. The number of halogens is 3. The van der Waals surface area contributed by atoms with E-state index < -0.39 is 0 Å². The molecule has 1 saturated heterocycles. The lowest BCUT2D eigenvalue weighted by Gasteiger charge is -2.31. The molecule has 0 unspecified atom stereocenters. The summed E-state index contributed by atoms with van der Waals surface area (Å²) in [5, 5.41) is 0. The van der Waals surface area contributed by atoms with Crippen LogP contribution < -0.4 is 5.73 Å². The maximum absolute atomic E-state index is 13.6. The monoisotopic (exact) mass is 455 g/mol. The van der Waals surface area contributed by atoms with Crippen LogP contribution in [0.4, 0.5) is 4.39 Å². The Bertz CT molecular complexity index is 473. The number of piperidine rings is 1. The van der Waals surface area contributed by atoms with Crippen LogP contribution in [-0.4, -0.2) is 23.9 Å². The van der Waals surface area contributed by atoms with Crippen LogP contribution in [0.1, 0.15) is 25.3 Å². The van der Waals surface area contributed by atoms with Crippen LogP contribution in [-0.2, 0) is 6.54 Å². The minimum Gasteiger partial charge on any atom is -0.370 e. The molecule has 20 heavy (non-hydrogen) atoms. The van der Waals surface area contributed by atoms with E-state index in [1.54, 1.807) is 12.1 Å². The average molecular weight is 456 g/mol. The van der Waals surface area contributed by atoms with Gasteiger partial charge in [0.2, 0.25) is 0 Å². The summed E-state index contributed by atoms with van der Waals surface area (Å²) in [4.78, 5) is 6.38. The van der Waals surface area contributed by atoms with Crippen molar-refractivity contribution in [1.29, 1.82) is 0 Å². The Morgan fingerprint density at radius 1 is 1.45 bits per heavy atom. The molecular formula is C14H20BrFIN3. The fourth-order valence-corrected chi connectivity index (χ4v) is 2.58. The van der Waals surface area contributed by atoms with E-state index in [0.717, 1.165) is 36.3 Å². The van der Waals surface area contributed by atoms with Crippen LogP contribution >= 0.6 is 39.9 Å². The summed E-state index contributed by atoms with van der Waals surface area (Å²) in [5.41, 5.74) is 6.53. The standard InChI is InChI=1S/C14H19BrFN3.HI/c1-10-4-6-19(7-5-10)14(17)18-9-11-8-12(15)2-3-13(11)16;/h2-3,8,10H,4-7,9H2,1H3,(H2,17,18);1H. The first-order valence-electron chi connectivity index (χ1n) is 6.55. The van der Waals surface area contributed by atoms with Crippen molar-refractivity contribution in [2.45, 2.75) is 26.3 Å². The second-order valence-electron chi connectivity index (χ2n) is 5.08. The molecule has 1 heterocycles. The molecule has 1 aliphatic rings. The van der Waals surface area contributed by atoms with Gasteiger partial charge < -0.3 is 10.6 Å². The third-order valence-corrected chi connectivity index (χ3v) is 4.02. The van der Waals surface area contributed by atoms with Gasteiger partial charge in [-0.25, -0.2) is 9.38 Å². The molecule has 2 N–H and O–H groups in total. The van der Waals surface area contributed by atoms with E-state index in [-0.39, 0.29) is 36.3 Å². The van der Waals surface area contributed by atoms with E-state index in [9.17, 15) is 4.39 Å². The molecule has 1 aromatic carbocycles. The summed E-state index contributed by atoms with van der Waals surface area (Å²) in [5.74, 6) is 1.03. The highest BCUT2D eigenvalue weighted by Gasteiger charge is 2.16. The molecule has 0 saturated carbocycles. The van der Waals surface area contributed by atoms with Crippen molar-refractivity contribution in [3.63, 3.8) is 0 Å². The summed E-state index contributed by atoms with van der Waals surface area (Å²) < 4.78 is 14.4. The lowest BCUT2D eigenvalue weighted by molar-refractivity contribution is 0.277. The van der Waals surface area contributed by atoms with Gasteiger partial charge in [0.25, 0.3) is 0 Å². The fourth-order valence-electron chi connectivity index (χ4n) is 2.17. The van der Waals surface area contributed by atoms with Crippen molar-refractivity contribution < 1.29 is 4.39 Å². The molecule has 0 aliphatic carbocycles. The summed E-state index contributed by atoms with van der Waals surface area (Å²) in [6.07, 6.45) is 2.28. The Balaban J connectivity index is 0.00000200. The number of nitrogens with two attached hydrogens (primary N) is 1. The predicted octanol–water partition coefficient (Wildman–Crippen LogP) is 3.75. The van der Waals surface area contributed by atoms with Gasteiger partial charge in [0.1, 0.15) is 5.82 Å². The van der Waals surface area contributed by atoms with E-state index in [1.165, 1.54) is 6.07 Å². The smallest absolute Gasteiger partial charge is 0.191 e. The van der Waals surface area contributed by atoms with Gasteiger partial charge in [-0.1, -0.05) is 22.9 Å². The Morgan fingerprint density at radius 3 is 2.75 bits per heavy atom. The van der Waals surface area contributed by atoms with Crippen LogP contribution in [0.25, 0.3) is 0 Å². The summed E-state index contributed by atoms with van der Waals surface area (Å²) >= 11 is 3.33. The van der Waals surface area contributed by atoms with Crippen LogP contribution in [0.15, 0.2) is 27.7 Å². The number of hydrogen-bond donors (Lipinski definition) is 1. The van der Waals surface area contributed by atoms with Gasteiger partial charge in [-0.2, -0.15) is 0 Å². The second-order valence-corrected chi connectivity index (χ2v) is 6.00. The summed E-state index contributed by atoms with van der Waals surface area (Å²) in [6.45, 7) is 4.42. The number of hydrogen-bond acceptors (Lipinski definition) is 1. The van der Waals surface area contributed by atoms with Crippen molar-refractivity contribution >= 4 is 45.9 Å². The van der Waals surface area contributed by atoms with Gasteiger partial charge in [0.05, 0.1) is 6.54 Å². The average Bonchev–Trinajstić information content (AvgIpc) is 2.40. The molecule has 2 rings (SSSR count). The predicted molar refractivity (Wildman–Crippen MR) is 94.8 cm³/mol. The van der Waals surface area contributed by atoms with Gasteiger partial charge in [0.15, 0.2) is 5.96 Å². The van der Waals surface area contributed by atoms with Crippen molar-refractivity contribution in [3.05, 3.63) is 34.1 Å². The van der Waals surface area contributed by atoms with Crippen LogP contribution in [0, 0.1) is 11.7 Å². The van der Waals surface area contributed by atoms with E-state index in [2.05, 4.69) is 32.7 Å². The highest BCUT2D eigenvalue weighted by molar-refractivity contribution is 14.0. The van der Waals surface area contributed by atoms with Crippen molar-refractivity contribution in [3.8, 4) is 0 Å². The number of benzene rings is 1. The Kier molecular flexibility index (Phi) is 7.22. The van der Waals surface area contributed by atoms with Gasteiger partial charge in [-0.15, -0.1) is 24.0 Å². The first kappa shape index (κ1) is 17.7. The van der Waals surface area contributed by atoms with Crippen molar-refractivity contribution in [1.82, 2.24) is 4.90 Å². The van der Waals surface area contributed by atoms with E-state index in [4.69, 9.17) is 5.73 Å². The van der Waals surface area contributed by atoms with Crippen LogP contribution in [0.2, 0.25) is 0 Å².